The molecule has 0 radical (unpaired) electrons. The van der Waals surface area contributed by atoms with E-state index in [1.807, 2.05) is 58.0 Å². The van der Waals surface area contributed by atoms with Crippen LogP contribution in [0.25, 0.3) is 0 Å². The van der Waals surface area contributed by atoms with Crippen LogP contribution in [0.3, 0.4) is 0 Å². The van der Waals surface area contributed by atoms with Crippen LogP contribution in [0.1, 0.15) is 33.4 Å². The fourth-order valence-electron chi connectivity index (χ4n) is 3.89. The molecule has 1 heterocycles. The Labute approximate surface area is 136 Å². The number of ether oxygens (including phenoxy) is 1. The molecule has 0 amide bonds. The van der Waals surface area contributed by atoms with Crippen molar-refractivity contribution in [2.45, 2.75) is 33.1 Å². The van der Waals surface area contributed by atoms with Gasteiger partial charge >= 0.3 is 5.97 Å². The summed E-state index contributed by atoms with van der Waals surface area (Å²) in [6.07, 6.45) is 0. The quantitative estimate of drug-likeness (QED) is 0.916. The predicted molar refractivity (Wildman–Crippen MR) is 87.6 cm³/mol. The van der Waals surface area contributed by atoms with Crippen molar-refractivity contribution in [3.8, 4) is 11.6 Å². The monoisotopic (exact) mass is 311 g/mol. The number of hydrogen-bond acceptors (Lipinski definition) is 3. The van der Waals surface area contributed by atoms with Crippen molar-refractivity contribution in [2.24, 2.45) is 10.8 Å². The molecular weight excluding hydrogens is 290 g/mol. The average Bonchev–Trinajstić information content (AvgIpc) is 2.86. The molecule has 1 fully saturated rings. The van der Waals surface area contributed by atoms with Crippen molar-refractivity contribution in [2.75, 3.05) is 0 Å². The van der Waals surface area contributed by atoms with Gasteiger partial charge in [-0.25, -0.2) is 4.98 Å². The smallest absolute Gasteiger partial charge is 0.316 e. The van der Waals surface area contributed by atoms with Crippen LogP contribution in [0.5, 0.6) is 11.6 Å². The largest absolute Gasteiger partial charge is 0.481 e. The van der Waals surface area contributed by atoms with Crippen LogP contribution >= 0.6 is 0 Å². The van der Waals surface area contributed by atoms with Gasteiger partial charge in [-0.1, -0.05) is 52.0 Å². The zero-order chi connectivity index (χ0) is 16.9. The van der Waals surface area contributed by atoms with E-state index in [4.69, 9.17) is 4.74 Å². The summed E-state index contributed by atoms with van der Waals surface area (Å²) >= 11 is 0. The molecule has 2 aromatic rings. The van der Waals surface area contributed by atoms with E-state index >= 15 is 0 Å². The van der Waals surface area contributed by atoms with Crippen molar-refractivity contribution >= 4 is 5.97 Å². The number of pyridine rings is 1. The highest BCUT2D eigenvalue weighted by Crippen LogP contribution is 2.77. The van der Waals surface area contributed by atoms with Gasteiger partial charge in [0.05, 0.1) is 5.69 Å². The first-order valence-electron chi connectivity index (χ1n) is 7.69. The number of para-hydroxylation sites is 1. The molecule has 4 heteroatoms. The fraction of sp³-hybridized carbons (Fsp3) is 0.368. The lowest BCUT2D eigenvalue weighted by Gasteiger charge is -2.17. The van der Waals surface area contributed by atoms with E-state index in [1.165, 1.54) is 0 Å². The van der Waals surface area contributed by atoms with Gasteiger partial charge in [-0.15, -0.1) is 0 Å². The summed E-state index contributed by atoms with van der Waals surface area (Å²) < 4.78 is 5.75. The number of carbonyl (C=O) groups is 1. The summed E-state index contributed by atoms with van der Waals surface area (Å²) in [6.45, 7) is 7.92. The highest BCUT2D eigenvalue weighted by Gasteiger charge is 2.83. The van der Waals surface area contributed by atoms with Crippen LogP contribution in [0.4, 0.5) is 0 Å². The van der Waals surface area contributed by atoms with Gasteiger partial charge in [0.2, 0.25) is 5.88 Å². The van der Waals surface area contributed by atoms with E-state index in [1.54, 1.807) is 18.2 Å². The number of carboxylic acids is 1. The van der Waals surface area contributed by atoms with Gasteiger partial charge in [0, 0.05) is 6.07 Å². The van der Waals surface area contributed by atoms with Gasteiger partial charge in [0.15, 0.2) is 0 Å². The molecule has 0 atom stereocenters. The van der Waals surface area contributed by atoms with Crippen LogP contribution < -0.4 is 4.74 Å². The Hall–Kier alpha value is -2.36. The molecule has 1 aromatic carbocycles. The highest BCUT2D eigenvalue weighted by atomic mass is 16.5. The summed E-state index contributed by atoms with van der Waals surface area (Å²) in [5.74, 6) is 0.250. The highest BCUT2D eigenvalue weighted by molar-refractivity contribution is 5.89. The van der Waals surface area contributed by atoms with E-state index in [0.717, 1.165) is 0 Å². The van der Waals surface area contributed by atoms with Gasteiger partial charge in [0.25, 0.3) is 0 Å². The lowest BCUT2D eigenvalue weighted by Crippen LogP contribution is -2.29. The maximum absolute atomic E-state index is 12.1. The summed E-state index contributed by atoms with van der Waals surface area (Å²) in [5, 5.41) is 9.93. The number of hydrogen-bond donors (Lipinski definition) is 1. The molecule has 1 aromatic heterocycles. The van der Waals surface area contributed by atoms with Gasteiger partial charge in [0.1, 0.15) is 11.2 Å². The Balaban J connectivity index is 2.02. The number of nitrogens with zero attached hydrogens (tertiary/aromatic N) is 1. The molecule has 1 saturated carbocycles. The zero-order valence-corrected chi connectivity index (χ0v) is 13.8. The minimum absolute atomic E-state index is 0.385. The SMILES string of the molecule is CC1(C)C(C)(C)C1(C(=O)O)c1cccc(Oc2ccccc2)n1. The number of aromatic nitrogens is 1. The Morgan fingerprint density at radius 3 is 2.09 bits per heavy atom. The topological polar surface area (TPSA) is 59.4 Å². The first kappa shape index (κ1) is 15.5. The first-order chi connectivity index (χ1) is 10.7. The van der Waals surface area contributed by atoms with Crippen molar-refractivity contribution in [1.82, 2.24) is 4.98 Å². The van der Waals surface area contributed by atoms with Crippen molar-refractivity contribution in [3.05, 3.63) is 54.2 Å². The molecule has 1 N–H and O–H groups in total. The summed E-state index contributed by atoms with van der Waals surface area (Å²) in [7, 11) is 0. The third-order valence-corrected chi connectivity index (χ3v) is 5.77. The molecule has 0 bridgehead atoms. The van der Waals surface area contributed by atoms with Crippen LogP contribution in [-0.4, -0.2) is 16.1 Å². The Morgan fingerprint density at radius 1 is 0.957 bits per heavy atom. The number of carboxylic acid groups (broad SMARTS) is 1. The first-order valence-corrected chi connectivity index (χ1v) is 7.69. The molecule has 0 saturated heterocycles. The maximum Gasteiger partial charge on any atom is 0.316 e. The third kappa shape index (κ3) is 1.90. The maximum atomic E-state index is 12.1. The lowest BCUT2D eigenvalue weighted by atomic mass is 9.90. The normalized spacial score (nSPS) is 19.8. The molecule has 3 rings (SSSR count). The minimum atomic E-state index is -1.00. The van der Waals surface area contributed by atoms with Gasteiger partial charge in [-0.3, -0.25) is 4.79 Å². The van der Waals surface area contributed by atoms with Gasteiger partial charge < -0.3 is 9.84 Å². The van der Waals surface area contributed by atoms with E-state index in [9.17, 15) is 9.90 Å². The Morgan fingerprint density at radius 2 is 1.57 bits per heavy atom. The molecule has 23 heavy (non-hydrogen) atoms. The molecule has 0 aliphatic heterocycles. The average molecular weight is 311 g/mol. The van der Waals surface area contributed by atoms with Gasteiger partial charge in [-0.05, 0) is 29.0 Å². The fourth-order valence-corrected chi connectivity index (χ4v) is 3.89. The second kappa shape index (κ2) is 4.82. The standard InChI is InChI=1S/C19H21NO3/c1-17(2)18(3,4)19(17,16(21)22)14-11-8-12-15(20-14)23-13-9-6-5-7-10-13/h5-12H,1-4H3,(H,21,22). The number of aliphatic carboxylic acids is 1. The summed E-state index contributed by atoms with van der Waals surface area (Å²) in [6, 6.07) is 14.7. The second-order valence-corrected chi connectivity index (χ2v) is 7.08. The zero-order valence-electron chi connectivity index (χ0n) is 13.8. The van der Waals surface area contributed by atoms with E-state index in [-0.39, 0.29) is 10.8 Å². The molecule has 1 aliphatic carbocycles. The molecule has 0 unspecified atom stereocenters. The van der Waals surface area contributed by atoms with Crippen LogP contribution in [0, 0.1) is 10.8 Å². The minimum Gasteiger partial charge on any atom is -0.481 e. The van der Waals surface area contributed by atoms with Gasteiger partial charge in [-0.2, -0.15) is 0 Å². The molecule has 120 valence electrons. The molecule has 1 aliphatic rings. The van der Waals surface area contributed by atoms with Crippen molar-refractivity contribution in [3.63, 3.8) is 0 Å². The number of benzene rings is 1. The molecule has 0 spiro atoms. The van der Waals surface area contributed by atoms with Crippen LogP contribution in [-0.2, 0) is 10.2 Å². The lowest BCUT2D eigenvalue weighted by molar-refractivity contribution is -0.141. The Bertz CT molecular complexity index is 736. The van der Waals surface area contributed by atoms with Crippen molar-refractivity contribution < 1.29 is 14.6 Å². The van der Waals surface area contributed by atoms with E-state index in [2.05, 4.69) is 4.98 Å². The molecular formula is C19H21NO3. The predicted octanol–water partition coefficient (Wildman–Crippen LogP) is 4.26. The second-order valence-electron chi connectivity index (χ2n) is 7.08. The summed E-state index contributed by atoms with van der Waals surface area (Å²) in [5.41, 5.74) is -1.22. The number of rotatable bonds is 4. The molecule has 4 nitrogen and oxygen atoms in total. The van der Waals surface area contributed by atoms with Crippen LogP contribution in [0.15, 0.2) is 48.5 Å². The van der Waals surface area contributed by atoms with Crippen molar-refractivity contribution in [1.29, 1.82) is 0 Å². The van der Waals surface area contributed by atoms with E-state index in [0.29, 0.717) is 17.3 Å². The Kier molecular flexibility index (Phi) is 3.25. The third-order valence-electron chi connectivity index (χ3n) is 5.77. The van der Waals surface area contributed by atoms with E-state index < -0.39 is 11.4 Å². The summed E-state index contributed by atoms with van der Waals surface area (Å²) in [4.78, 5) is 16.6. The van der Waals surface area contributed by atoms with Crippen LogP contribution in [0.2, 0.25) is 0 Å².